The monoisotopic (exact) mass is 266 g/mol. The van der Waals surface area contributed by atoms with E-state index >= 15 is 0 Å². The molecule has 0 radical (unpaired) electrons. The lowest BCUT2D eigenvalue weighted by Gasteiger charge is -2.14. The van der Waals surface area contributed by atoms with Crippen LogP contribution in [0.25, 0.3) is 0 Å². The highest BCUT2D eigenvalue weighted by Gasteiger charge is 2.22. The molecule has 6 nitrogen and oxygen atoms in total. The van der Waals surface area contributed by atoms with E-state index in [9.17, 15) is 9.59 Å². The first-order valence-corrected chi connectivity index (χ1v) is 5.78. The third-order valence-electron chi connectivity index (χ3n) is 2.93. The van der Waals surface area contributed by atoms with Gasteiger partial charge in [0.05, 0.1) is 20.0 Å². The molecule has 0 aliphatic carbocycles. The number of carboxylic acids is 1. The second-order valence-electron chi connectivity index (χ2n) is 4.19. The number of esters is 1. The predicted molar refractivity (Wildman–Crippen MR) is 64.2 cm³/mol. The predicted octanol–water partition coefficient (Wildman–Crippen LogP) is 1.54. The lowest BCUT2D eigenvalue weighted by Crippen LogP contribution is -2.12. The van der Waals surface area contributed by atoms with E-state index in [4.69, 9.17) is 14.6 Å². The fraction of sp³-hybridized carbons (Fsp3) is 0.385. The number of aliphatic carboxylic acids is 1. The van der Waals surface area contributed by atoms with Crippen LogP contribution in [-0.2, 0) is 14.3 Å². The number of benzene rings is 1. The van der Waals surface area contributed by atoms with Gasteiger partial charge in [0.15, 0.2) is 11.5 Å². The number of carboxylic acid groups (broad SMARTS) is 1. The Morgan fingerprint density at radius 2 is 2.05 bits per heavy atom. The van der Waals surface area contributed by atoms with E-state index in [1.807, 2.05) is 0 Å². The molecule has 0 fully saturated rings. The Balaban J connectivity index is 2.21. The molecule has 1 aromatic rings. The lowest BCUT2D eigenvalue weighted by molar-refractivity contribution is -0.141. The summed E-state index contributed by atoms with van der Waals surface area (Å²) >= 11 is 0. The summed E-state index contributed by atoms with van der Waals surface area (Å²) in [6.45, 7) is 0.152. The average Bonchev–Trinajstić information content (AvgIpc) is 2.84. The van der Waals surface area contributed by atoms with Crippen LogP contribution in [0.1, 0.15) is 24.3 Å². The molecule has 2 rings (SSSR count). The van der Waals surface area contributed by atoms with Crippen LogP contribution in [0, 0.1) is 0 Å². The summed E-state index contributed by atoms with van der Waals surface area (Å²) in [6.07, 6.45) is -0.128. The Kier molecular flexibility index (Phi) is 3.89. The van der Waals surface area contributed by atoms with Crippen molar-refractivity contribution in [2.24, 2.45) is 0 Å². The number of carbonyl (C=O) groups excluding carboxylic acids is 1. The average molecular weight is 266 g/mol. The van der Waals surface area contributed by atoms with E-state index in [0.717, 1.165) is 5.56 Å². The van der Waals surface area contributed by atoms with Crippen molar-refractivity contribution in [2.45, 2.75) is 18.8 Å². The van der Waals surface area contributed by atoms with Gasteiger partial charge in [0.2, 0.25) is 6.79 Å². The van der Waals surface area contributed by atoms with Crippen LogP contribution in [0.4, 0.5) is 0 Å². The first-order valence-electron chi connectivity index (χ1n) is 5.78. The number of hydrogen-bond acceptors (Lipinski definition) is 5. The van der Waals surface area contributed by atoms with Gasteiger partial charge >= 0.3 is 11.9 Å². The van der Waals surface area contributed by atoms with Gasteiger partial charge in [0.1, 0.15) is 0 Å². The highest BCUT2D eigenvalue weighted by Crippen LogP contribution is 2.36. The first-order chi connectivity index (χ1) is 9.10. The summed E-state index contributed by atoms with van der Waals surface area (Å²) in [5.74, 6) is -0.663. The molecule has 1 N–H and O–H groups in total. The van der Waals surface area contributed by atoms with Crippen LogP contribution in [0.2, 0.25) is 0 Å². The Bertz CT molecular complexity index is 496. The summed E-state index contributed by atoms with van der Waals surface area (Å²) in [4.78, 5) is 22.2. The van der Waals surface area contributed by atoms with Gasteiger partial charge in [-0.15, -0.1) is 0 Å². The molecule has 1 aliphatic heterocycles. The van der Waals surface area contributed by atoms with Gasteiger partial charge in [-0.2, -0.15) is 0 Å². The summed E-state index contributed by atoms with van der Waals surface area (Å²) in [5.41, 5.74) is 0.719. The van der Waals surface area contributed by atoms with Gasteiger partial charge in [0.25, 0.3) is 0 Å². The number of rotatable bonds is 5. The summed E-state index contributed by atoms with van der Waals surface area (Å²) in [7, 11) is 1.28. The molecule has 0 aromatic heterocycles. The third-order valence-corrected chi connectivity index (χ3v) is 2.93. The van der Waals surface area contributed by atoms with Crippen molar-refractivity contribution in [3.8, 4) is 11.5 Å². The molecule has 102 valence electrons. The highest BCUT2D eigenvalue weighted by molar-refractivity contribution is 5.73. The van der Waals surface area contributed by atoms with Crippen LogP contribution in [0.5, 0.6) is 11.5 Å². The van der Waals surface area contributed by atoms with Crippen molar-refractivity contribution < 1.29 is 28.9 Å². The Hall–Kier alpha value is -2.24. The van der Waals surface area contributed by atoms with Gasteiger partial charge in [-0.3, -0.25) is 9.59 Å². The number of hydrogen-bond donors (Lipinski definition) is 1. The minimum absolute atomic E-state index is 0.0163. The highest BCUT2D eigenvalue weighted by atomic mass is 16.7. The smallest absolute Gasteiger partial charge is 0.306 e. The molecule has 1 unspecified atom stereocenters. The molecule has 19 heavy (non-hydrogen) atoms. The molecule has 1 aromatic carbocycles. The second-order valence-corrected chi connectivity index (χ2v) is 4.19. The van der Waals surface area contributed by atoms with Gasteiger partial charge in [-0.25, -0.2) is 0 Å². The van der Waals surface area contributed by atoms with Gasteiger partial charge < -0.3 is 19.3 Å². The van der Waals surface area contributed by atoms with E-state index in [0.29, 0.717) is 11.5 Å². The zero-order valence-corrected chi connectivity index (χ0v) is 10.4. The zero-order valence-electron chi connectivity index (χ0n) is 10.4. The fourth-order valence-corrected chi connectivity index (χ4v) is 1.97. The van der Waals surface area contributed by atoms with E-state index in [2.05, 4.69) is 4.74 Å². The maximum Gasteiger partial charge on any atom is 0.306 e. The molecule has 6 heteroatoms. The Morgan fingerprint density at radius 1 is 1.32 bits per heavy atom. The van der Waals surface area contributed by atoms with Crippen molar-refractivity contribution in [1.29, 1.82) is 0 Å². The standard InChI is InChI=1S/C13H14O6/c1-17-13(16)6-9(5-12(14)15)8-2-3-10-11(4-8)19-7-18-10/h2-4,9H,5-7H2,1H3,(H,14,15). The summed E-state index contributed by atoms with van der Waals surface area (Å²) < 4.78 is 15.0. The molecule has 0 amide bonds. The SMILES string of the molecule is COC(=O)CC(CC(=O)O)c1ccc2c(c1)OCO2. The molecule has 0 saturated carbocycles. The van der Waals surface area contributed by atoms with Crippen LogP contribution in [0.15, 0.2) is 18.2 Å². The van der Waals surface area contributed by atoms with Crippen molar-refractivity contribution in [3.63, 3.8) is 0 Å². The van der Waals surface area contributed by atoms with E-state index < -0.39 is 17.9 Å². The quantitative estimate of drug-likeness (QED) is 0.814. The van der Waals surface area contributed by atoms with Crippen molar-refractivity contribution >= 4 is 11.9 Å². The van der Waals surface area contributed by atoms with E-state index in [-0.39, 0.29) is 19.6 Å². The Morgan fingerprint density at radius 3 is 2.74 bits per heavy atom. The largest absolute Gasteiger partial charge is 0.481 e. The van der Waals surface area contributed by atoms with Crippen LogP contribution in [-0.4, -0.2) is 30.9 Å². The van der Waals surface area contributed by atoms with Gasteiger partial charge in [0, 0.05) is 5.92 Å². The molecule has 1 atom stereocenters. The first kappa shape index (κ1) is 13.2. The molecule has 0 bridgehead atoms. The summed E-state index contributed by atoms with van der Waals surface area (Å²) in [5, 5.41) is 8.92. The van der Waals surface area contributed by atoms with Crippen LogP contribution < -0.4 is 9.47 Å². The zero-order chi connectivity index (χ0) is 13.8. The Labute approximate surface area is 109 Å². The molecule has 0 saturated heterocycles. The maximum atomic E-state index is 11.3. The second kappa shape index (κ2) is 5.60. The van der Waals surface area contributed by atoms with Crippen LogP contribution >= 0.6 is 0 Å². The minimum Gasteiger partial charge on any atom is -0.481 e. The minimum atomic E-state index is -0.966. The number of ether oxygens (including phenoxy) is 3. The molecule has 1 aliphatic rings. The number of fused-ring (bicyclic) bond motifs is 1. The van der Waals surface area contributed by atoms with Crippen molar-refractivity contribution in [1.82, 2.24) is 0 Å². The molecule has 1 heterocycles. The maximum absolute atomic E-state index is 11.3. The summed E-state index contributed by atoms with van der Waals surface area (Å²) in [6, 6.07) is 5.16. The lowest BCUT2D eigenvalue weighted by atomic mass is 9.92. The molecular weight excluding hydrogens is 252 g/mol. The van der Waals surface area contributed by atoms with Crippen LogP contribution in [0.3, 0.4) is 0 Å². The van der Waals surface area contributed by atoms with E-state index in [1.165, 1.54) is 7.11 Å². The normalized spacial score (nSPS) is 13.9. The van der Waals surface area contributed by atoms with Crippen molar-refractivity contribution in [3.05, 3.63) is 23.8 Å². The topological polar surface area (TPSA) is 82.1 Å². The number of methoxy groups -OCH3 is 1. The fourth-order valence-electron chi connectivity index (χ4n) is 1.97. The number of carbonyl (C=O) groups is 2. The third kappa shape index (κ3) is 3.15. The molecular formula is C13H14O6. The van der Waals surface area contributed by atoms with E-state index in [1.54, 1.807) is 18.2 Å². The van der Waals surface area contributed by atoms with Gasteiger partial charge in [-0.05, 0) is 17.7 Å². The molecule has 0 spiro atoms. The van der Waals surface area contributed by atoms with Crippen molar-refractivity contribution in [2.75, 3.05) is 13.9 Å². The van der Waals surface area contributed by atoms with Gasteiger partial charge in [-0.1, -0.05) is 6.07 Å².